The highest BCUT2D eigenvalue weighted by atomic mass is 32.2. The Morgan fingerprint density at radius 2 is 2.18 bits per heavy atom. The van der Waals surface area contributed by atoms with Crippen molar-refractivity contribution >= 4 is 34.0 Å². The quantitative estimate of drug-likeness (QED) is 0.647. The number of thioether (sulfide) groups is 1. The minimum Gasteiger partial charge on any atom is -0.316 e. The zero-order valence-corrected chi connectivity index (χ0v) is 16.9. The highest BCUT2D eigenvalue weighted by Crippen LogP contribution is 2.37. The Bertz CT molecular complexity index is 1060. The number of aryl methyl sites for hydroxylation is 2. The Labute approximate surface area is 170 Å². The number of fused-ring (bicyclic) bond motifs is 1. The molecule has 1 N–H and O–H groups in total. The molecule has 3 aromatic rings. The van der Waals surface area contributed by atoms with Crippen LogP contribution in [0.1, 0.15) is 34.4 Å². The minimum atomic E-state index is -0.167. The Morgan fingerprint density at radius 3 is 3.00 bits per heavy atom. The van der Waals surface area contributed by atoms with Crippen molar-refractivity contribution in [3.05, 3.63) is 45.8 Å². The first-order valence-electron chi connectivity index (χ1n) is 8.99. The van der Waals surface area contributed by atoms with Gasteiger partial charge in [-0.15, -0.1) is 16.4 Å². The van der Waals surface area contributed by atoms with Gasteiger partial charge in [-0.2, -0.15) is 9.94 Å². The number of carbonyl (C=O) groups is 1. The van der Waals surface area contributed by atoms with Gasteiger partial charge in [0.2, 0.25) is 11.1 Å². The average molecular weight is 411 g/mol. The number of hydrogen-bond acceptors (Lipinski definition) is 7. The lowest BCUT2D eigenvalue weighted by atomic mass is 9.96. The van der Waals surface area contributed by atoms with E-state index in [1.165, 1.54) is 28.0 Å². The summed E-state index contributed by atoms with van der Waals surface area (Å²) in [6.07, 6.45) is 4.15. The fourth-order valence-corrected chi connectivity index (χ4v) is 5.23. The zero-order valence-electron chi connectivity index (χ0n) is 15.3. The van der Waals surface area contributed by atoms with Crippen molar-refractivity contribution < 1.29 is 4.79 Å². The van der Waals surface area contributed by atoms with Gasteiger partial charge in [-0.3, -0.25) is 4.79 Å². The van der Waals surface area contributed by atoms with E-state index in [-0.39, 0.29) is 11.7 Å². The molecule has 0 saturated carbocycles. The Morgan fingerprint density at radius 1 is 1.36 bits per heavy atom. The third-order valence-corrected chi connectivity index (χ3v) is 6.78. The van der Waals surface area contributed by atoms with E-state index in [0.717, 1.165) is 42.5 Å². The van der Waals surface area contributed by atoms with Crippen LogP contribution in [0.4, 0.5) is 5.00 Å². The lowest BCUT2D eigenvalue weighted by Gasteiger charge is -2.09. The van der Waals surface area contributed by atoms with Gasteiger partial charge in [-0.1, -0.05) is 30.0 Å². The fraction of sp³-hybridized carbons (Fsp3) is 0.316. The number of aromatic nitrogens is 4. The summed E-state index contributed by atoms with van der Waals surface area (Å²) in [4.78, 5) is 13.7. The molecular formula is C19H18N6OS2. The van der Waals surface area contributed by atoms with Gasteiger partial charge in [0.25, 0.3) is 0 Å². The van der Waals surface area contributed by atoms with Crippen LogP contribution in [0.2, 0.25) is 0 Å². The van der Waals surface area contributed by atoms with Crippen LogP contribution in [0.5, 0.6) is 0 Å². The first-order valence-corrected chi connectivity index (χ1v) is 10.8. The van der Waals surface area contributed by atoms with Crippen molar-refractivity contribution in [3.63, 3.8) is 0 Å². The lowest BCUT2D eigenvalue weighted by molar-refractivity contribution is -0.113. The van der Waals surface area contributed by atoms with E-state index in [2.05, 4.69) is 26.9 Å². The van der Waals surface area contributed by atoms with Crippen molar-refractivity contribution in [3.8, 4) is 11.8 Å². The van der Waals surface area contributed by atoms with E-state index in [1.807, 2.05) is 31.2 Å². The van der Waals surface area contributed by atoms with Crippen molar-refractivity contribution in [1.82, 2.24) is 20.2 Å². The molecule has 2 aromatic heterocycles. The molecule has 0 bridgehead atoms. The van der Waals surface area contributed by atoms with Crippen molar-refractivity contribution in [2.24, 2.45) is 0 Å². The van der Waals surface area contributed by atoms with E-state index < -0.39 is 0 Å². The summed E-state index contributed by atoms with van der Waals surface area (Å²) in [5.41, 5.74) is 3.67. The second-order valence-electron chi connectivity index (χ2n) is 6.52. The summed E-state index contributed by atoms with van der Waals surface area (Å²) in [6.45, 7) is 1.99. The van der Waals surface area contributed by atoms with Crippen LogP contribution in [-0.4, -0.2) is 31.9 Å². The van der Waals surface area contributed by atoms with Gasteiger partial charge in [0.15, 0.2) is 0 Å². The number of tetrazole rings is 1. The van der Waals surface area contributed by atoms with Gasteiger partial charge in [0.1, 0.15) is 11.1 Å². The van der Waals surface area contributed by atoms with Crippen LogP contribution in [0, 0.1) is 18.3 Å². The van der Waals surface area contributed by atoms with Gasteiger partial charge < -0.3 is 5.32 Å². The summed E-state index contributed by atoms with van der Waals surface area (Å²) in [5.74, 6) is -0.000835. The second kappa shape index (κ2) is 8.12. The predicted molar refractivity (Wildman–Crippen MR) is 109 cm³/mol. The zero-order chi connectivity index (χ0) is 19.5. The molecule has 0 spiro atoms. The predicted octanol–water partition coefficient (Wildman–Crippen LogP) is 3.51. The molecule has 1 aliphatic rings. The van der Waals surface area contributed by atoms with Gasteiger partial charge in [-0.25, -0.2) is 0 Å². The molecule has 2 heterocycles. The number of rotatable bonds is 5. The standard InChI is InChI=1S/C19H18N6OS2/c1-12-6-2-4-8-15(12)25-19(22-23-24-25)27-11-17(26)21-18-14(10-20)13-7-3-5-9-16(13)28-18/h2,4,6,8H,3,5,7,9,11H2,1H3,(H,21,26). The molecule has 4 rings (SSSR count). The SMILES string of the molecule is Cc1ccccc1-n1nnnc1SCC(=O)Nc1sc2c(c1C#N)CCCC2. The number of anilines is 1. The largest absolute Gasteiger partial charge is 0.316 e. The molecule has 1 aromatic carbocycles. The van der Waals surface area contributed by atoms with Crippen LogP contribution in [0.3, 0.4) is 0 Å². The summed E-state index contributed by atoms with van der Waals surface area (Å²) < 4.78 is 1.64. The molecule has 1 amide bonds. The number of nitriles is 1. The Kier molecular flexibility index (Phi) is 5.41. The average Bonchev–Trinajstić information content (AvgIpc) is 3.30. The van der Waals surface area contributed by atoms with Crippen LogP contribution >= 0.6 is 23.1 Å². The minimum absolute atomic E-state index is 0.166. The molecule has 7 nitrogen and oxygen atoms in total. The molecule has 9 heteroatoms. The molecule has 28 heavy (non-hydrogen) atoms. The first-order chi connectivity index (χ1) is 13.7. The maximum atomic E-state index is 12.5. The van der Waals surface area contributed by atoms with E-state index in [0.29, 0.717) is 15.7 Å². The van der Waals surface area contributed by atoms with Crippen LogP contribution < -0.4 is 5.32 Å². The molecule has 0 aliphatic heterocycles. The maximum absolute atomic E-state index is 12.5. The fourth-order valence-electron chi connectivity index (χ4n) is 3.29. The molecule has 0 atom stereocenters. The van der Waals surface area contributed by atoms with E-state index in [4.69, 9.17) is 0 Å². The summed E-state index contributed by atoms with van der Waals surface area (Å²) >= 11 is 2.80. The molecule has 0 fully saturated rings. The monoisotopic (exact) mass is 410 g/mol. The smallest absolute Gasteiger partial charge is 0.235 e. The van der Waals surface area contributed by atoms with Crippen LogP contribution in [0.15, 0.2) is 29.4 Å². The topological polar surface area (TPSA) is 96.5 Å². The number of amides is 1. The second-order valence-corrected chi connectivity index (χ2v) is 8.57. The number of nitrogens with one attached hydrogen (secondary N) is 1. The normalized spacial score (nSPS) is 13.0. The Balaban J connectivity index is 1.46. The van der Waals surface area contributed by atoms with E-state index >= 15 is 0 Å². The molecular weight excluding hydrogens is 392 g/mol. The number of nitrogens with zero attached hydrogens (tertiary/aromatic N) is 5. The number of carbonyl (C=O) groups excluding carboxylic acids is 1. The number of para-hydroxylation sites is 1. The third-order valence-electron chi connectivity index (χ3n) is 4.65. The third kappa shape index (κ3) is 3.66. The van der Waals surface area contributed by atoms with Crippen molar-refractivity contribution in [2.45, 2.75) is 37.8 Å². The highest BCUT2D eigenvalue weighted by molar-refractivity contribution is 7.99. The molecule has 0 unspecified atom stereocenters. The van der Waals surface area contributed by atoms with Gasteiger partial charge in [-0.05, 0) is 60.2 Å². The number of benzene rings is 1. The van der Waals surface area contributed by atoms with E-state index in [1.54, 1.807) is 4.68 Å². The van der Waals surface area contributed by atoms with Gasteiger partial charge in [0, 0.05) is 4.88 Å². The summed E-state index contributed by atoms with van der Waals surface area (Å²) in [5, 5.41) is 25.5. The van der Waals surface area contributed by atoms with Crippen LogP contribution in [-0.2, 0) is 17.6 Å². The van der Waals surface area contributed by atoms with Gasteiger partial charge >= 0.3 is 0 Å². The molecule has 1 aliphatic carbocycles. The van der Waals surface area contributed by atoms with Gasteiger partial charge in [0.05, 0.1) is 17.0 Å². The van der Waals surface area contributed by atoms with Crippen molar-refractivity contribution in [2.75, 3.05) is 11.1 Å². The van der Waals surface area contributed by atoms with Crippen molar-refractivity contribution in [1.29, 1.82) is 5.26 Å². The van der Waals surface area contributed by atoms with Crippen LogP contribution in [0.25, 0.3) is 5.69 Å². The molecule has 142 valence electrons. The number of hydrogen-bond donors (Lipinski definition) is 1. The maximum Gasteiger partial charge on any atom is 0.235 e. The highest BCUT2D eigenvalue weighted by Gasteiger charge is 2.22. The molecule has 0 radical (unpaired) electrons. The summed E-state index contributed by atoms with van der Waals surface area (Å²) in [6, 6.07) is 10.1. The van der Waals surface area contributed by atoms with E-state index in [9.17, 15) is 10.1 Å². The molecule has 0 saturated heterocycles. The summed E-state index contributed by atoms with van der Waals surface area (Å²) in [7, 11) is 0. The lowest BCUT2D eigenvalue weighted by Crippen LogP contribution is -2.14. The number of thiophene rings is 1. The Hall–Kier alpha value is -2.70. The first kappa shape index (κ1) is 18.7.